The van der Waals surface area contributed by atoms with E-state index in [9.17, 15) is 13.2 Å². The number of sulfonamides is 1. The Balaban J connectivity index is 1.50. The standard InChI is InChI=1S/C22H28N2O4S/c1-17-5-3-4-6-20(17)16-29(26,27)24-13-11-19(12-14-24)22(25)23-15-18-7-9-21(28-2)10-8-18/h3-10,19H,11-16H2,1-2H3,(H,23,25). The third-order valence-electron chi connectivity index (χ3n) is 5.44. The van der Waals surface area contributed by atoms with E-state index < -0.39 is 10.0 Å². The lowest BCUT2D eigenvalue weighted by atomic mass is 9.97. The number of nitrogens with one attached hydrogen (secondary N) is 1. The van der Waals surface area contributed by atoms with Gasteiger partial charge in [0.25, 0.3) is 0 Å². The number of piperidine rings is 1. The van der Waals surface area contributed by atoms with Gasteiger partial charge in [0.1, 0.15) is 5.75 Å². The molecule has 1 saturated heterocycles. The molecule has 156 valence electrons. The normalized spacial score (nSPS) is 15.8. The highest BCUT2D eigenvalue weighted by Gasteiger charge is 2.31. The molecule has 0 spiro atoms. The number of carbonyl (C=O) groups excluding carboxylic acids is 1. The molecule has 1 heterocycles. The van der Waals surface area contributed by atoms with Crippen molar-refractivity contribution in [2.24, 2.45) is 5.92 Å². The summed E-state index contributed by atoms with van der Waals surface area (Å²) < 4.78 is 32.2. The fourth-order valence-corrected chi connectivity index (χ4v) is 5.20. The maximum absolute atomic E-state index is 12.8. The summed E-state index contributed by atoms with van der Waals surface area (Å²) in [6.45, 7) is 3.14. The summed E-state index contributed by atoms with van der Waals surface area (Å²) in [4.78, 5) is 12.5. The highest BCUT2D eigenvalue weighted by molar-refractivity contribution is 7.88. The maximum atomic E-state index is 12.8. The van der Waals surface area contributed by atoms with E-state index in [1.165, 1.54) is 4.31 Å². The second kappa shape index (κ2) is 9.41. The number of methoxy groups -OCH3 is 1. The van der Waals surface area contributed by atoms with Gasteiger partial charge in [-0.25, -0.2) is 12.7 Å². The van der Waals surface area contributed by atoms with E-state index in [1.54, 1.807) is 7.11 Å². The molecule has 29 heavy (non-hydrogen) atoms. The van der Waals surface area contributed by atoms with Crippen molar-refractivity contribution in [3.05, 3.63) is 65.2 Å². The summed E-state index contributed by atoms with van der Waals surface area (Å²) in [5, 5.41) is 2.96. The van der Waals surface area contributed by atoms with E-state index in [1.807, 2.05) is 55.5 Å². The predicted octanol–water partition coefficient (Wildman–Crippen LogP) is 2.86. The van der Waals surface area contributed by atoms with Crippen LogP contribution in [0.4, 0.5) is 0 Å². The van der Waals surface area contributed by atoms with Crippen molar-refractivity contribution in [1.29, 1.82) is 0 Å². The zero-order valence-corrected chi connectivity index (χ0v) is 17.7. The number of benzene rings is 2. The highest BCUT2D eigenvalue weighted by atomic mass is 32.2. The molecule has 0 radical (unpaired) electrons. The number of ether oxygens (including phenoxy) is 1. The van der Waals surface area contributed by atoms with Gasteiger partial charge in [0, 0.05) is 25.6 Å². The lowest BCUT2D eigenvalue weighted by Gasteiger charge is -2.30. The first-order valence-corrected chi connectivity index (χ1v) is 11.4. The summed E-state index contributed by atoms with van der Waals surface area (Å²) >= 11 is 0. The van der Waals surface area contributed by atoms with Crippen molar-refractivity contribution in [3.63, 3.8) is 0 Å². The number of amides is 1. The number of rotatable bonds is 7. The first-order chi connectivity index (χ1) is 13.9. The van der Waals surface area contributed by atoms with Crippen LogP contribution in [0, 0.1) is 12.8 Å². The molecule has 6 nitrogen and oxygen atoms in total. The third-order valence-corrected chi connectivity index (χ3v) is 7.27. The Morgan fingerprint density at radius 1 is 1.10 bits per heavy atom. The fraction of sp³-hybridized carbons (Fsp3) is 0.409. The quantitative estimate of drug-likeness (QED) is 0.753. The van der Waals surface area contributed by atoms with Crippen LogP contribution in [0.25, 0.3) is 0 Å². The first kappa shape index (κ1) is 21.3. The summed E-state index contributed by atoms with van der Waals surface area (Å²) in [5.41, 5.74) is 2.80. The molecule has 1 N–H and O–H groups in total. The SMILES string of the molecule is COc1ccc(CNC(=O)C2CCN(S(=O)(=O)Cc3ccccc3C)CC2)cc1. The smallest absolute Gasteiger partial charge is 0.223 e. The van der Waals surface area contributed by atoms with Crippen molar-refractivity contribution in [2.45, 2.75) is 32.1 Å². The number of hydrogen-bond donors (Lipinski definition) is 1. The number of carbonyl (C=O) groups is 1. The van der Waals surface area contributed by atoms with Crippen molar-refractivity contribution in [2.75, 3.05) is 20.2 Å². The molecule has 1 aliphatic heterocycles. The zero-order valence-electron chi connectivity index (χ0n) is 16.9. The molecule has 0 atom stereocenters. The van der Waals surface area contributed by atoms with Crippen LogP contribution in [0.2, 0.25) is 0 Å². The second-order valence-corrected chi connectivity index (χ2v) is 9.39. The van der Waals surface area contributed by atoms with Crippen molar-refractivity contribution in [1.82, 2.24) is 9.62 Å². The van der Waals surface area contributed by atoms with Gasteiger partial charge in [0.2, 0.25) is 15.9 Å². The summed E-state index contributed by atoms with van der Waals surface area (Å²) in [7, 11) is -1.76. The van der Waals surface area contributed by atoms with Crippen LogP contribution >= 0.6 is 0 Å². The van der Waals surface area contributed by atoms with Crippen molar-refractivity contribution >= 4 is 15.9 Å². The van der Waals surface area contributed by atoms with E-state index in [4.69, 9.17) is 4.74 Å². The molecule has 0 aliphatic carbocycles. The van der Waals surface area contributed by atoms with Crippen LogP contribution in [0.5, 0.6) is 5.75 Å². The number of aryl methyl sites for hydroxylation is 1. The molecule has 2 aromatic carbocycles. The van der Waals surface area contributed by atoms with Gasteiger partial charge in [-0.1, -0.05) is 36.4 Å². The van der Waals surface area contributed by atoms with Crippen LogP contribution in [-0.2, 0) is 27.1 Å². The molecule has 0 unspecified atom stereocenters. The lowest BCUT2D eigenvalue weighted by molar-refractivity contribution is -0.126. The zero-order chi connectivity index (χ0) is 20.9. The number of nitrogens with zero attached hydrogens (tertiary/aromatic N) is 1. The van der Waals surface area contributed by atoms with Gasteiger partial charge in [0.05, 0.1) is 12.9 Å². The molecule has 0 bridgehead atoms. The van der Waals surface area contributed by atoms with Crippen LogP contribution in [0.1, 0.15) is 29.5 Å². The molecular weight excluding hydrogens is 388 g/mol. The van der Waals surface area contributed by atoms with E-state index in [2.05, 4.69) is 5.32 Å². The molecule has 3 rings (SSSR count). The van der Waals surface area contributed by atoms with Gasteiger partial charge in [0.15, 0.2) is 0 Å². The minimum atomic E-state index is -3.38. The molecule has 2 aromatic rings. The van der Waals surface area contributed by atoms with Crippen LogP contribution < -0.4 is 10.1 Å². The average Bonchev–Trinajstić information content (AvgIpc) is 2.74. The Hall–Kier alpha value is -2.38. The Morgan fingerprint density at radius 2 is 1.76 bits per heavy atom. The largest absolute Gasteiger partial charge is 0.497 e. The molecule has 1 fully saturated rings. The molecule has 1 amide bonds. The monoisotopic (exact) mass is 416 g/mol. The van der Waals surface area contributed by atoms with Gasteiger partial charge in [-0.3, -0.25) is 4.79 Å². The van der Waals surface area contributed by atoms with E-state index in [0.29, 0.717) is 32.5 Å². The fourth-order valence-electron chi connectivity index (χ4n) is 3.53. The molecular formula is C22H28N2O4S. The predicted molar refractivity (Wildman–Crippen MR) is 113 cm³/mol. The topological polar surface area (TPSA) is 75.7 Å². The molecule has 0 saturated carbocycles. The Morgan fingerprint density at radius 3 is 2.38 bits per heavy atom. The average molecular weight is 417 g/mol. The Kier molecular flexibility index (Phi) is 6.92. The molecule has 1 aliphatic rings. The minimum Gasteiger partial charge on any atom is -0.497 e. The van der Waals surface area contributed by atoms with Gasteiger partial charge in [-0.15, -0.1) is 0 Å². The van der Waals surface area contributed by atoms with Gasteiger partial charge < -0.3 is 10.1 Å². The van der Waals surface area contributed by atoms with E-state index in [-0.39, 0.29) is 17.6 Å². The third kappa shape index (κ3) is 5.58. The second-order valence-electron chi connectivity index (χ2n) is 7.42. The number of hydrogen-bond acceptors (Lipinski definition) is 4. The van der Waals surface area contributed by atoms with Gasteiger partial charge in [-0.2, -0.15) is 0 Å². The Bertz CT molecular complexity index is 934. The van der Waals surface area contributed by atoms with E-state index in [0.717, 1.165) is 22.4 Å². The summed E-state index contributed by atoms with van der Waals surface area (Å²) in [5.74, 6) is 0.614. The van der Waals surface area contributed by atoms with Crippen LogP contribution in [0.15, 0.2) is 48.5 Å². The van der Waals surface area contributed by atoms with Crippen LogP contribution in [0.3, 0.4) is 0 Å². The Labute approximate surface area is 172 Å². The molecule has 0 aromatic heterocycles. The van der Waals surface area contributed by atoms with E-state index >= 15 is 0 Å². The first-order valence-electron chi connectivity index (χ1n) is 9.82. The van der Waals surface area contributed by atoms with Crippen molar-refractivity contribution < 1.29 is 17.9 Å². The van der Waals surface area contributed by atoms with Crippen molar-refractivity contribution in [3.8, 4) is 5.75 Å². The summed E-state index contributed by atoms with van der Waals surface area (Å²) in [6.07, 6.45) is 1.09. The van der Waals surface area contributed by atoms with Crippen LogP contribution in [-0.4, -0.2) is 38.8 Å². The molecule has 7 heteroatoms. The van der Waals surface area contributed by atoms with Gasteiger partial charge >= 0.3 is 0 Å². The lowest BCUT2D eigenvalue weighted by Crippen LogP contribution is -2.43. The minimum absolute atomic E-state index is 0.00794. The van der Waals surface area contributed by atoms with Gasteiger partial charge in [-0.05, 0) is 48.6 Å². The summed E-state index contributed by atoms with van der Waals surface area (Å²) in [6, 6.07) is 15.1. The maximum Gasteiger partial charge on any atom is 0.223 e. The highest BCUT2D eigenvalue weighted by Crippen LogP contribution is 2.23.